The van der Waals surface area contributed by atoms with Crippen LogP contribution in [-0.2, 0) is 11.3 Å². The number of benzene rings is 1. The monoisotopic (exact) mass is 321 g/mol. The SMILES string of the molecule is CNC(=O)C1(NC(=O)NCc2ccc(C)c(F)c2)CCCCC1. The van der Waals surface area contributed by atoms with Gasteiger partial charge in [-0.15, -0.1) is 0 Å². The lowest BCUT2D eigenvalue weighted by Crippen LogP contribution is -2.60. The highest BCUT2D eigenvalue weighted by atomic mass is 19.1. The van der Waals surface area contributed by atoms with Gasteiger partial charge < -0.3 is 16.0 Å². The molecule has 0 aromatic heterocycles. The summed E-state index contributed by atoms with van der Waals surface area (Å²) in [6.07, 6.45) is 4.18. The van der Waals surface area contributed by atoms with Crippen LogP contribution in [0.2, 0.25) is 0 Å². The lowest BCUT2D eigenvalue weighted by atomic mass is 9.81. The number of carbonyl (C=O) groups excluding carboxylic acids is 2. The van der Waals surface area contributed by atoms with Crippen molar-refractivity contribution in [2.24, 2.45) is 0 Å². The summed E-state index contributed by atoms with van der Waals surface area (Å²) in [5.74, 6) is -0.451. The largest absolute Gasteiger partial charge is 0.357 e. The van der Waals surface area contributed by atoms with Gasteiger partial charge in [0.15, 0.2) is 0 Å². The summed E-state index contributed by atoms with van der Waals surface area (Å²) < 4.78 is 13.5. The van der Waals surface area contributed by atoms with E-state index in [9.17, 15) is 14.0 Å². The normalized spacial score (nSPS) is 16.5. The number of likely N-dealkylation sites (N-methyl/N-ethyl adjacent to an activating group) is 1. The molecule has 0 bridgehead atoms. The summed E-state index contributed by atoms with van der Waals surface area (Å²) in [5.41, 5.74) is 0.412. The van der Waals surface area contributed by atoms with Crippen LogP contribution in [-0.4, -0.2) is 24.5 Å². The highest BCUT2D eigenvalue weighted by Crippen LogP contribution is 2.28. The second-order valence-electron chi connectivity index (χ2n) is 6.11. The van der Waals surface area contributed by atoms with Gasteiger partial charge in [-0.2, -0.15) is 0 Å². The van der Waals surface area contributed by atoms with E-state index in [4.69, 9.17) is 0 Å². The van der Waals surface area contributed by atoms with Gasteiger partial charge in [0.2, 0.25) is 5.91 Å². The standard InChI is InChI=1S/C17H24FN3O2/c1-12-6-7-13(10-14(12)18)11-20-16(23)21-17(15(22)19-2)8-4-3-5-9-17/h6-7,10H,3-5,8-9,11H2,1-2H3,(H,19,22)(H2,20,21,23). The maximum atomic E-state index is 13.5. The number of hydrogen-bond donors (Lipinski definition) is 3. The highest BCUT2D eigenvalue weighted by molar-refractivity contribution is 5.91. The molecule has 5 nitrogen and oxygen atoms in total. The van der Waals surface area contributed by atoms with E-state index in [2.05, 4.69) is 16.0 Å². The summed E-state index contributed by atoms with van der Waals surface area (Å²) in [6.45, 7) is 1.91. The summed E-state index contributed by atoms with van der Waals surface area (Å²) in [5, 5.41) is 8.16. The van der Waals surface area contributed by atoms with Crippen LogP contribution in [0.3, 0.4) is 0 Å². The van der Waals surface area contributed by atoms with E-state index in [1.165, 1.54) is 6.07 Å². The van der Waals surface area contributed by atoms with Crippen LogP contribution in [0.15, 0.2) is 18.2 Å². The van der Waals surface area contributed by atoms with Crippen LogP contribution in [0.4, 0.5) is 9.18 Å². The molecule has 1 aromatic rings. The molecule has 0 saturated heterocycles. The molecular formula is C17H24FN3O2. The topological polar surface area (TPSA) is 70.2 Å². The first-order valence-electron chi connectivity index (χ1n) is 8.00. The molecule has 23 heavy (non-hydrogen) atoms. The van der Waals surface area contributed by atoms with Crippen LogP contribution in [0.25, 0.3) is 0 Å². The van der Waals surface area contributed by atoms with Gasteiger partial charge in [-0.05, 0) is 37.0 Å². The second kappa shape index (κ2) is 7.44. The Labute approximate surface area is 136 Å². The van der Waals surface area contributed by atoms with Crippen molar-refractivity contribution in [1.82, 2.24) is 16.0 Å². The fourth-order valence-electron chi connectivity index (χ4n) is 2.99. The third kappa shape index (κ3) is 4.21. The van der Waals surface area contributed by atoms with Crippen molar-refractivity contribution in [2.75, 3.05) is 7.05 Å². The number of halogens is 1. The Kier molecular flexibility index (Phi) is 5.58. The number of rotatable bonds is 4. The minimum Gasteiger partial charge on any atom is -0.357 e. The van der Waals surface area contributed by atoms with E-state index < -0.39 is 11.6 Å². The van der Waals surface area contributed by atoms with Gasteiger partial charge >= 0.3 is 6.03 Å². The van der Waals surface area contributed by atoms with Crippen molar-refractivity contribution in [1.29, 1.82) is 0 Å². The van der Waals surface area contributed by atoms with Crippen LogP contribution in [0.5, 0.6) is 0 Å². The number of urea groups is 1. The molecule has 0 aliphatic heterocycles. The first kappa shape index (κ1) is 17.2. The van der Waals surface area contributed by atoms with Crippen LogP contribution in [0.1, 0.15) is 43.2 Å². The number of amides is 3. The van der Waals surface area contributed by atoms with E-state index in [0.29, 0.717) is 24.0 Å². The number of nitrogens with one attached hydrogen (secondary N) is 3. The van der Waals surface area contributed by atoms with Gasteiger partial charge in [0.25, 0.3) is 0 Å². The lowest BCUT2D eigenvalue weighted by molar-refractivity contribution is -0.128. The molecule has 0 unspecified atom stereocenters. The average Bonchev–Trinajstić information content (AvgIpc) is 2.56. The van der Waals surface area contributed by atoms with E-state index in [-0.39, 0.29) is 18.3 Å². The first-order valence-corrected chi connectivity index (χ1v) is 8.00. The maximum Gasteiger partial charge on any atom is 0.315 e. The van der Waals surface area contributed by atoms with Crippen LogP contribution in [0, 0.1) is 12.7 Å². The van der Waals surface area contributed by atoms with Gasteiger partial charge in [0, 0.05) is 13.6 Å². The van der Waals surface area contributed by atoms with Crippen molar-refractivity contribution in [2.45, 2.75) is 51.1 Å². The minimum atomic E-state index is -0.838. The molecule has 3 N–H and O–H groups in total. The molecule has 126 valence electrons. The smallest absolute Gasteiger partial charge is 0.315 e. The zero-order chi connectivity index (χ0) is 16.9. The first-order chi connectivity index (χ1) is 11.0. The third-order valence-electron chi connectivity index (χ3n) is 4.41. The Balaban J connectivity index is 1.96. The molecule has 0 spiro atoms. The molecule has 0 radical (unpaired) electrons. The Bertz CT molecular complexity index is 583. The molecule has 0 heterocycles. The maximum absolute atomic E-state index is 13.5. The summed E-state index contributed by atoms with van der Waals surface area (Å²) in [6, 6.07) is 4.45. The fourth-order valence-corrected chi connectivity index (χ4v) is 2.99. The van der Waals surface area contributed by atoms with E-state index in [1.54, 1.807) is 26.1 Å². The Hall–Kier alpha value is -2.11. The fraction of sp³-hybridized carbons (Fsp3) is 0.529. The quantitative estimate of drug-likeness (QED) is 0.797. The van der Waals surface area contributed by atoms with Crippen molar-refractivity contribution in [3.8, 4) is 0 Å². The van der Waals surface area contributed by atoms with Gasteiger partial charge in [-0.1, -0.05) is 31.4 Å². The molecular weight excluding hydrogens is 297 g/mol. The van der Waals surface area contributed by atoms with Crippen molar-refractivity contribution >= 4 is 11.9 Å². The van der Waals surface area contributed by atoms with Crippen LogP contribution >= 0.6 is 0 Å². The number of aryl methyl sites for hydroxylation is 1. The van der Waals surface area contributed by atoms with Crippen molar-refractivity contribution in [3.63, 3.8) is 0 Å². The van der Waals surface area contributed by atoms with E-state index in [0.717, 1.165) is 19.3 Å². The molecule has 1 aliphatic rings. The molecule has 1 aliphatic carbocycles. The molecule has 1 saturated carbocycles. The summed E-state index contributed by atoms with van der Waals surface area (Å²) in [4.78, 5) is 24.3. The van der Waals surface area contributed by atoms with Gasteiger partial charge in [0.05, 0.1) is 0 Å². The van der Waals surface area contributed by atoms with Crippen molar-refractivity contribution < 1.29 is 14.0 Å². The Morgan fingerprint density at radius 3 is 2.52 bits per heavy atom. The third-order valence-corrected chi connectivity index (χ3v) is 4.41. The summed E-state index contributed by atoms with van der Waals surface area (Å²) in [7, 11) is 1.58. The highest BCUT2D eigenvalue weighted by Gasteiger charge is 2.40. The van der Waals surface area contributed by atoms with Gasteiger partial charge in [-0.25, -0.2) is 9.18 Å². The number of carbonyl (C=O) groups is 2. The Morgan fingerprint density at radius 1 is 1.22 bits per heavy atom. The molecule has 3 amide bonds. The minimum absolute atomic E-state index is 0.159. The van der Waals surface area contributed by atoms with E-state index >= 15 is 0 Å². The molecule has 1 aromatic carbocycles. The van der Waals surface area contributed by atoms with Gasteiger partial charge in [0.1, 0.15) is 11.4 Å². The predicted octanol–water partition coefficient (Wildman–Crippen LogP) is 2.38. The lowest BCUT2D eigenvalue weighted by Gasteiger charge is -2.36. The second-order valence-corrected chi connectivity index (χ2v) is 6.11. The van der Waals surface area contributed by atoms with Gasteiger partial charge in [-0.3, -0.25) is 4.79 Å². The zero-order valence-electron chi connectivity index (χ0n) is 13.7. The van der Waals surface area contributed by atoms with Crippen LogP contribution < -0.4 is 16.0 Å². The molecule has 2 rings (SSSR count). The predicted molar refractivity (Wildman–Crippen MR) is 86.4 cm³/mol. The zero-order valence-corrected chi connectivity index (χ0v) is 13.7. The van der Waals surface area contributed by atoms with Crippen molar-refractivity contribution in [3.05, 3.63) is 35.1 Å². The Morgan fingerprint density at radius 2 is 1.91 bits per heavy atom. The number of hydrogen-bond acceptors (Lipinski definition) is 2. The average molecular weight is 321 g/mol. The van der Waals surface area contributed by atoms with E-state index in [1.807, 2.05) is 0 Å². The molecule has 6 heteroatoms. The molecule has 1 fully saturated rings. The molecule has 0 atom stereocenters. The summed E-state index contributed by atoms with van der Waals surface area (Å²) >= 11 is 0.